The maximum absolute atomic E-state index is 5.51. The van der Waals surface area contributed by atoms with Crippen LogP contribution in [-0.4, -0.2) is 30.6 Å². The van der Waals surface area contributed by atoms with E-state index in [2.05, 4.69) is 11.9 Å². The minimum Gasteiger partial charge on any atom is -0.375 e. The van der Waals surface area contributed by atoms with Gasteiger partial charge in [-0.1, -0.05) is 26.2 Å². The van der Waals surface area contributed by atoms with Gasteiger partial charge in [0.15, 0.2) is 0 Å². The Labute approximate surface area is 85.1 Å². The molecule has 1 rings (SSSR count). The van der Waals surface area contributed by atoms with E-state index in [0.717, 1.165) is 25.5 Å². The second-order valence-electron chi connectivity index (χ2n) is 3.24. The van der Waals surface area contributed by atoms with E-state index in [4.69, 9.17) is 4.74 Å². The summed E-state index contributed by atoms with van der Waals surface area (Å²) in [5, 5.41) is 1.19. The van der Waals surface area contributed by atoms with Crippen molar-refractivity contribution in [2.75, 3.05) is 25.5 Å². The minimum absolute atomic E-state index is 0.747. The lowest BCUT2D eigenvalue weighted by atomic mass is 10.2. The Balaban J connectivity index is 1.83. The number of nitrogens with zero attached hydrogens (tertiary/aromatic N) is 1. The summed E-state index contributed by atoms with van der Waals surface area (Å²) < 4.78 is 5.51. The van der Waals surface area contributed by atoms with Crippen molar-refractivity contribution in [3.05, 3.63) is 0 Å². The zero-order chi connectivity index (χ0) is 9.36. The lowest BCUT2D eigenvalue weighted by molar-refractivity contribution is 0.168. The van der Waals surface area contributed by atoms with Crippen molar-refractivity contribution < 1.29 is 4.74 Å². The van der Waals surface area contributed by atoms with Gasteiger partial charge in [0.2, 0.25) is 0 Å². The van der Waals surface area contributed by atoms with E-state index in [9.17, 15) is 0 Å². The fourth-order valence-corrected chi connectivity index (χ4v) is 2.02. The smallest absolute Gasteiger partial charge is 0.0944 e. The highest BCUT2D eigenvalue weighted by Crippen LogP contribution is 2.11. The molecule has 0 fully saturated rings. The molecule has 0 spiro atoms. The quantitative estimate of drug-likeness (QED) is 0.591. The second kappa shape index (κ2) is 7.39. The molecule has 0 atom stereocenters. The van der Waals surface area contributed by atoms with Crippen LogP contribution in [0, 0.1) is 0 Å². The van der Waals surface area contributed by atoms with Crippen LogP contribution in [0.4, 0.5) is 0 Å². The van der Waals surface area contributed by atoms with Crippen LogP contribution in [-0.2, 0) is 4.74 Å². The van der Waals surface area contributed by atoms with Crippen molar-refractivity contribution in [3.63, 3.8) is 0 Å². The molecule has 1 aliphatic rings. The number of hydrogen-bond acceptors (Lipinski definition) is 3. The maximum Gasteiger partial charge on any atom is 0.0944 e. The average molecular weight is 201 g/mol. The topological polar surface area (TPSA) is 21.6 Å². The molecule has 1 heterocycles. The Kier molecular flexibility index (Phi) is 6.29. The molecule has 2 nitrogen and oxygen atoms in total. The van der Waals surface area contributed by atoms with Crippen LogP contribution in [0.15, 0.2) is 4.99 Å². The van der Waals surface area contributed by atoms with Crippen LogP contribution < -0.4 is 0 Å². The Hall–Kier alpha value is -0.0200. The second-order valence-corrected chi connectivity index (χ2v) is 4.41. The summed E-state index contributed by atoms with van der Waals surface area (Å²) in [6.07, 6.45) is 5.13. The SMILES string of the molecule is CCCCCCOCC1=NCCS1. The largest absolute Gasteiger partial charge is 0.375 e. The minimum atomic E-state index is 0.747. The van der Waals surface area contributed by atoms with E-state index in [-0.39, 0.29) is 0 Å². The van der Waals surface area contributed by atoms with E-state index in [1.807, 2.05) is 11.8 Å². The van der Waals surface area contributed by atoms with Gasteiger partial charge in [-0.3, -0.25) is 4.99 Å². The summed E-state index contributed by atoms with van der Waals surface area (Å²) in [6, 6.07) is 0. The number of thioether (sulfide) groups is 1. The van der Waals surface area contributed by atoms with Crippen molar-refractivity contribution in [2.45, 2.75) is 32.6 Å². The highest BCUT2D eigenvalue weighted by molar-refractivity contribution is 8.14. The summed E-state index contributed by atoms with van der Waals surface area (Å²) in [5.41, 5.74) is 0. The van der Waals surface area contributed by atoms with E-state index in [1.54, 1.807) is 0 Å². The van der Waals surface area contributed by atoms with Crippen molar-refractivity contribution in [1.29, 1.82) is 0 Å². The van der Waals surface area contributed by atoms with Crippen LogP contribution in [0.5, 0.6) is 0 Å². The van der Waals surface area contributed by atoms with Gasteiger partial charge in [0.05, 0.1) is 11.7 Å². The average Bonchev–Trinajstić information content (AvgIpc) is 2.63. The van der Waals surface area contributed by atoms with E-state index < -0.39 is 0 Å². The summed E-state index contributed by atoms with van der Waals surface area (Å²) >= 11 is 1.84. The summed E-state index contributed by atoms with van der Waals surface area (Å²) in [5.74, 6) is 1.15. The van der Waals surface area contributed by atoms with Crippen molar-refractivity contribution in [1.82, 2.24) is 0 Å². The zero-order valence-corrected chi connectivity index (χ0v) is 9.24. The first-order valence-electron chi connectivity index (χ1n) is 5.17. The first-order valence-corrected chi connectivity index (χ1v) is 6.16. The molecule has 13 heavy (non-hydrogen) atoms. The van der Waals surface area contributed by atoms with Crippen LogP contribution in [0.1, 0.15) is 32.6 Å². The Morgan fingerprint density at radius 3 is 3.00 bits per heavy atom. The fraction of sp³-hybridized carbons (Fsp3) is 0.900. The number of hydrogen-bond donors (Lipinski definition) is 0. The van der Waals surface area contributed by atoms with E-state index in [0.29, 0.717) is 0 Å². The number of unbranched alkanes of at least 4 members (excludes halogenated alkanes) is 3. The molecule has 1 aliphatic heterocycles. The molecule has 0 unspecified atom stereocenters. The van der Waals surface area contributed by atoms with Gasteiger partial charge in [-0.2, -0.15) is 0 Å². The standard InChI is InChI=1S/C10H19NOS/c1-2-3-4-5-7-12-9-10-11-6-8-13-10/h2-9H2,1H3. The lowest BCUT2D eigenvalue weighted by Crippen LogP contribution is -2.04. The maximum atomic E-state index is 5.51. The third kappa shape index (κ3) is 5.32. The summed E-state index contributed by atoms with van der Waals surface area (Å²) in [6.45, 7) is 4.86. The van der Waals surface area contributed by atoms with Crippen LogP contribution in [0.3, 0.4) is 0 Å². The van der Waals surface area contributed by atoms with Gasteiger partial charge in [-0.05, 0) is 6.42 Å². The molecule has 0 radical (unpaired) electrons. The Morgan fingerprint density at radius 1 is 1.38 bits per heavy atom. The normalized spacial score (nSPS) is 16.2. The molecule has 3 heteroatoms. The van der Waals surface area contributed by atoms with E-state index in [1.165, 1.54) is 30.7 Å². The molecule has 0 aliphatic carbocycles. The predicted octanol–water partition coefficient (Wildman–Crippen LogP) is 2.73. The molecule has 76 valence electrons. The molecular formula is C10H19NOS. The first-order chi connectivity index (χ1) is 6.43. The Bertz CT molecular complexity index is 159. The van der Waals surface area contributed by atoms with Gasteiger partial charge in [0, 0.05) is 18.9 Å². The number of rotatable bonds is 7. The van der Waals surface area contributed by atoms with Crippen LogP contribution in [0.2, 0.25) is 0 Å². The predicted molar refractivity (Wildman–Crippen MR) is 59.7 cm³/mol. The van der Waals surface area contributed by atoms with Crippen molar-refractivity contribution in [2.24, 2.45) is 4.99 Å². The number of ether oxygens (including phenoxy) is 1. The molecule has 0 N–H and O–H groups in total. The van der Waals surface area contributed by atoms with Crippen LogP contribution in [0.25, 0.3) is 0 Å². The fourth-order valence-electron chi connectivity index (χ4n) is 1.26. The highest BCUT2D eigenvalue weighted by Gasteiger charge is 2.05. The molecule has 0 saturated carbocycles. The molecule has 0 aromatic carbocycles. The van der Waals surface area contributed by atoms with Gasteiger partial charge in [-0.15, -0.1) is 11.8 Å². The van der Waals surface area contributed by atoms with Crippen molar-refractivity contribution in [3.8, 4) is 0 Å². The molecule has 0 aromatic heterocycles. The monoisotopic (exact) mass is 201 g/mol. The van der Waals surface area contributed by atoms with Crippen molar-refractivity contribution >= 4 is 16.8 Å². The number of aliphatic imine (C=N–C) groups is 1. The molecule has 0 bridgehead atoms. The molecular weight excluding hydrogens is 182 g/mol. The van der Waals surface area contributed by atoms with Gasteiger partial charge in [0.1, 0.15) is 0 Å². The van der Waals surface area contributed by atoms with Gasteiger partial charge < -0.3 is 4.74 Å². The van der Waals surface area contributed by atoms with Gasteiger partial charge >= 0.3 is 0 Å². The first kappa shape index (κ1) is 11.1. The molecule has 0 saturated heterocycles. The third-order valence-corrected chi connectivity index (χ3v) is 2.98. The van der Waals surface area contributed by atoms with Gasteiger partial charge in [-0.25, -0.2) is 0 Å². The summed E-state index contributed by atoms with van der Waals surface area (Å²) in [7, 11) is 0. The third-order valence-electron chi connectivity index (χ3n) is 2.02. The molecule has 0 aromatic rings. The Morgan fingerprint density at radius 2 is 2.31 bits per heavy atom. The van der Waals surface area contributed by atoms with E-state index >= 15 is 0 Å². The summed E-state index contributed by atoms with van der Waals surface area (Å²) in [4.78, 5) is 4.32. The van der Waals surface area contributed by atoms with Gasteiger partial charge in [0.25, 0.3) is 0 Å². The van der Waals surface area contributed by atoms with Crippen LogP contribution >= 0.6 is 11.8 Å². The molecule has 0 amide bonds. The zero-order valence-electron chi connectivity index (χ0n) is 8.42. The lowest BCUT2D eigenvalue weighted by Gasteiger charge is -2.02. The highest BCUT2D eigenvalue weighted by atomic mass is 32.2.